The molecule has 1 unspecified atom stereocenters. The molecular weight excluding hydrogens is 344 g/mol. The zero-order chi connectivity index (χ0) is 18.4. The molecule has 1 saturated heterocycles. The summed E-state index contributed by atoms with van der Waals surface area (Å²) in [6.45, 7) is 6.71. The van der Waals surface area contributed by atoms with Crippen LogP contribution in [0.15, 0.2) is 23.1 Å². The molecule has 2 aliphatic rings. The second-order valence-corrected chi connectivity index (χ2v) is 9.15. The maximum absolute atomic E-state index is 12.5. The fourth-order valence-electron chi connectivity index (χ4n) is 3.12. The first kappa shape index (κ1) is 17.9. The summed E-state index contributed by atoms with van der Waals surface area (Å²) in [4.78, 5) is 26.1. The minimum Gasteiger partial charge on any atom is -0.372 e. The molecule has 2 heterocycles. The summed E-state index contributed by atoms with van der Waals surface area (Å²) in [6, 6.07) is 4.69. The Hall–Kier alpha value is -1.93. The van der Waals surface area contributed by atoms with Crippen molar-refractivity contribution in [1.29, 1.82) is 0 Å². The number of carbonyl (C=O) groups is 2. The largest absolute Gasteiger partial charge is 0.372 e. The van der Waals surface area contributed by atoms with Gasteiger partial charge in [-0.25, -0.2) is 13.1 Å². The SMILES string of the molecule is CC(C)(C)N1CC(C(=O)NS(=O)(=O)c2ccc3c(c2)COC3)CC1=O. The van der Waals surface area contributed by atoms with E-state index < -0.39 is 27.4 Å². The normalized spacial score (nSPS) is 20.7. The first-order valence-electron chi connectivity index (χ1n) is 8.14. The molecule has 0 saturated carbocycles. The van der Waals surface area contributed by atoms with Crippen LogP contribution in [0.2, 0.25) is 0 Å². The van der Waals surface area contributed by atoms with Gasteiger partial charge in [-0.1, -0.05) is 6.07 Å². The molecule has 7 nitrogen and oxygen atoms in total. The van der Waals surface area contributed by atoms with Crippen molar-refractivity contribution in [3.05, 3.63) is 29.3 Å². The second-order valence-electron chi connectivity index (χ2n) is 7.47. The van der Waals surface area contributed by atoms with Crippen LogP contribution in [0.4, 0.5) is 0 Å². The Morgan fingerprint density at radius 1 is 1.24 bits per heavy atom. The van der Waals surface area contributed by atoms with Crippen LogP contribution in [0.3, 0.4) is 0 Å². The topological polar surface area (TPSA) is 92.8 Å². The van der Waals surface area contributed by atoms with Crippen molar-refractivity contribution in [1.82, 2.24) is 9.62 Å². The number of rotatable bonds is 3. The van der Waals surface area contributed by atoms with Gasteiger partial charge < -0.3 is 9.64 Å². The fraction of sp³-hybridized carbons (Fsp3) is 0.529. The van der Waals surface area contributed by atoms with Gasteiger partial charge in [-0.05, 0) is 44.0 Å². The third-order valence-corrected chi connectivity index (χ3v) is 5.89. The molecular formula is C17H22N2O5S. The van der Waals surface area contributed by atoms with E-state index in [-0.39, 0.29) is 23.8 Å². The third-order valence-electron chi connectivity index (χ3n) is 4.54. The average molecular weight is 366 g/mol. The monoisotopic (exact) mass is 366 g/mol. The molecule has 136 valence electrons. The van der Waals surface area contributed by atoms with Gasteiger partial charge in [-0.3, -0.25) is 9.59 Å². The number of carbonyl (C=O) groups excluding carboxylic acids is 2. The highest BCUT2D eigenvalue weighted by Gasteiger charge is 2.40. The standard InChI is InChI=1S/C17H22N2O5S/c1-17(2,3)19-8-12(7-15(19)20)16(21)18-25(22,23)14-5-4-11-9-24-10-13(11)6-14/h4-6,12H,7-10H2,1-3H3,(H,18,21). The predicted octanol–water partition coefficient (Wildman–Crippen LogP) is 1.17. The van der Waals surface area contributed by atoms with Crippen molar-refractivity contribution in [3.8, 4) is 0 Å². The predicted molar refractivity (Wildman–Crippen MR) is 89.8 cm³/mol. The maximum atomic E-state index is 12.5. The van der Waals surface area contributed by atoms with Crippen LogP contribution in [0.5, 0.6) is 0 Å². The molecule has 0 bridgehead atoms. The Balaban J connectivity index is 1.73. The first-order chi connectivity index (χ1) is 11.6. The lowest BCUT2D eigenvalue weighted by Crippen LogP contribution is -2.43. The molecule has 1 aromatic carbocycles. The number of amides is 2. The number of ether oxygens (including phenoxy) is 1. The van der Waals surface area contributed by atoms with Crippen LogP contribution >= 0.6 is 0 Å². The van der Waals surface area contributed by atoms with E-state index in [1.807, 2.05) is 20.8 Å². The van der Waals surface area contributed by atoms with Crippen LogP contribution in [0.1, 0.15) is 38.3 Å². The van der Waals surface area contributed by atoms with Crippen LogP contribution in [-0.4, -0.2) is 37.2 Å². The van der Waals surface area contributed by atoms with Gasteiger partial charge in [-0.2, -0.15) is 0 Å². The fourth-order valence-corrected chi connectivity index (χ4v) is 4.22. The number of fused-ring (bicyclic) bond motifs is 1. The van der Waals surface area contributed by atoms with E-state index in [1.165, 1.54) is 12.1 Å². The highest BCUT2D eigenvalue weighted by Crippen LogP contribution is 2.27. The van der Waals surface area contributed by atoms with E-state index in [0.29, 0.717) is 13.2 Å². The van der Waals surface area contributed by atoms with Crippen molar-refractivity contribution >= 4 is 21.8 Å². The Bertz CT molecular complexity index is 826. The summed E-state index contributed by atoms with van der Waals surface area (Å²) in [6.07, 6.45) is 0.0245. The van der Waals surface area contributed by atoms with Crippen molar-refractivity contribution < 1.29 is 22.7 Å². The summed E-state index contributed by atoms with van der Waals surface area (Å²) >= 11 is 0. The lowest BCUT2D eigenvalue weighted by atomic mass is 10.1. The summed E-state index contributed by atoms with van der Waals surface area (Å²) in [7, 11) is -3.97. The van der Waals surface area contributed by atoms with Gasteiger partial charge in [0, 0.05) is 18.5 Å². The lowest BCUT2D eigenvalue weighted by molar-refractivity contribution is -0.131. The number of nitrogens with zero attached hydrogens (tertiary/aromatic N) is 1. The molecule has 1 atom stereocenters. The van der Waals surface area contributed by atoms with Gasteiger partial charge >= 0.3 is 0 Å². The molecule has 2 amide bonds. The molecule has 25 heavy (non-hydrogen) atoms. The van der Waals surface area contributed by atoms with Crippen molar-refractivity contribution in [2.75, 3.05) is 6.54 Å². The number of hydrogen-bond acceptors (Lipinski definition) is 5. The maximum Gasteiger partial charge on any atom is 0.264 e. The van der Waals surface area contributed by atoms with Gasteiger partial charge in [0.1, 0.15) is 0 Å². The minimum atomic E-state index is -3.97. The Morgan fingerprint density at radius 2 is 1.92 bits per heavy atom. The van der Waals surface area contributed by atoms with E-state index in [9.17, 15) is 18.0 Å². The van der Waals surface area contributed by atoms with Crippen molar-refractivity contribution in [2.45, 2.75) is 50.8 Å². The van der Waals surface area contributed by atoms with Gasteiger partial charge in [0.25, 0.3) is 10.0 Å². The van der Waals surface area contributed by atoms with E-state index in [1.54, 1.807) is 11.0 Å². The second kappa shape index (κ2) is 6.10. The number of likely N-dealkylation sites (tertiary alicyclic amines) is 1. The van der Waals surface area contributed by atoms with Gasteiger partial charge in [0.05, 0.1) is 24.0 Å². The van der Waals surface area contributed by atoms with E-state index in [0.717, 1.165) is 11.1 Å². The van der Waals surface area contributed by atoms with Gasteiger partial charge in [-0.15, -0.1) is 0 Å². The first-order valence-corrected chi connectivity index (χ1v) is 9.63. The zero-order valence-corrected chi connectivity index (χ0v) is 15.4. The molecule has 0 radical (unpaired) electrons. The molecule has 8 heteroatoms. The highest BCUT2D eigenvalue weighted by molar-refractivity contribution is 7.90. The molecule has 0 aromatic heterocycles. The number of benzene rings is 1. The molecule has 1 fully saturated rings. The van der Waals surface area contributed by atoms with Crippen molar-refractivity contribution in [3.63, 3.8) is 0 Å². The number of sulfonamides is 1. The van der Waals surface area contributed by atoms with E-state index >= 15 is 0 Å². The molecule has 1 N–H and O–H groups in total. The van der Waals surface area contributed by atoms with Crippen molar-refractivity contribution in [2.24, 2.45) is 5.92 Å². The smallest absolute Gasteiger partial charge is 0.264 e. The van der Waals surface area contributed by atoms with Crippen LogP contribution in [0, 0.1) is 5.92 Å². The van der Waals surface area contributed by atoms with E-state index in [4.69, 9.17) is 4.74 Å². The molecule has 0 spiro atoms. The Morgan fingerprint density at radius 3 is 2.56 bits per heavy atom. The third kappa shape index (κ3) is 3.55. The molecule has 0 aliphatic carbocycles. The van der Waals surface area contributed by atoms with Gasteiger partial charge in [0.15, 0.2) is 0 Å². The number of nitrogens with one attached hydrogen (secondary N) is 1. The summed E-state index contributed by atoms with van der Waals surface area (Å²) in [5, 5.41) is 0. The summed E-state index contributed by atoms with van der Waals surface area (Å²) < 4.78 is 32.4. The zero-order valence-electron chi connectivity index (χ0n) is 14.5. The molecule has 1 aromatic rings. The molecule has 2 aliphatic heterocycles. The molecule has 3 rings (SSSR count). The highest BCUT2D eigenvalue weighted by atomic mass is 32.2. The van der Waals surface area contributed by atoms with Crippen LogP contribution in [-0.2, 0) is 37.6 Å². The van der Waals surface area contributed by atoms with E-state index in [2.05, 4.69) is 4.72 Å². The Kier molecular flexibility index (Phi) is 4.36. The van der Waals surface area contributed by atoms with Crippen LogP contribution < -0.4 is 4.72 Å². The summed E-state index contributed by atoms with van der Waals surface area (Å²) in [5.74, 6) is -1.45. The lowest BCUT2D eigenvalue weighted by Gasteiger charge is -2.31. The summed E-state index contributed by atoms with van der Waals surface area (Å²) in [5.41, 5.74) is 1.36. The van der Waals surface area contributed by atoms with Gasteiger partial charge in [0.2, 0.25) is 11.8 Å². The average Bonchev–Trinajstić information content (AvgIpc) is 3.11. The Labute approximate surface area is 147 Å². The minimum absolute atomic E-state index is 0.0245. The van der Waals surface area contributed by atoms with Crippen LogP contribution in [0.25, 0.3) is 0 Å². The number of hydrogen-bond donors (Lipinski definition) is 1. The quantitative estimate of drug-likeness (QED) is 0.867.